The first-order chi connectivity index (χ1) is 6.79. The second kappa shape index (κ2) is 4.57. The largest absolute Gasteiger partial charge is 0.378 e. The molecule has 2 rings (SSSR count). The van der Waals surface area contributed by atoms with Crippen LogP contribution in [0, 0.1) is 5.92 Å². The number of hydrogen-bond donors (Lipinski definition) is 2. The molecule has 14 heavy (non-hydrogen) atoms. The molecule has 0 aliphatic carbocycles. The molecule has 0 bridgehead atoms. The molecule has 4 heteroatoms. The van der Waals surface area contributed by atoms with E-state index in [2.05, 4.69) is 5.32 Å². The zero-order valence-electron chi connectivity index (χ0n) is 8.61. The van der Waals surface area contributed by atoms with E-state index in [-0.39, 0.29) is 5.92 Å². The first-order valence-electron chi connectivity index (χ1n) is 5.44. The molecule has 2 aliphatic rings. The number of aliphatic hydroxyl groups is 1. The van der Waals surface area contributed by atoms with Gasteiger partial charge in [0, 0.05) is 5.92 Å². The summed E-state index contributed by atoms with van der Waals surface area (Å²) in [5.41, 5.74) is 0. The summed E-state index contributed by atoms with van der Waals surface area (Å²) in [6.07, 6.45) is 2.26. The summed E-state index contributed by atoms with van der Waals surface area (Å²) >= 11 is 0. The Hall–Kier alpha value is -0.160. The van der Waals surface area contributed by atoms with Crippen LogP contribution in [0.3, 0.4) is 0 Å². The summed E-state index contributed by atoms with van der Waals surface area (Å²) in [4.78, 5) is 0. The van der Waals surface area contributed by atoms with E-state index in [1.165, 1.54) is 0 Å². The Labute approximate surface area is 84.6 Å². The van der Waals surface area contributed by atoms with Gasteiger partial charge in [0.2, 0.25) is 0 Å². The van der Waals surface area contributed by atoms with E-state index in [9.17, 15) is 5.11 Å². The summed E-state index contributed by atoms with van der Waals surface area (Å²) < 4.78 is 10.4. The second-order valence-electron chi connectivity index (χ2n) is 4.14. The van der Waals surface area contributed by atoms with Crippen molar-refractivity contribution in [2.24, 2.45) is 5.92 Å². The van der Waals surface area contributed by atoms with Gasteiger partial charge in [-0.05, 0) is 19.4 Å². The Bertz CT molecular complexity index is 166. The average molecular weight is 201 g/mol. The standard InChI is InChI=1S/C10H19NO3/c1-2-11-10(12)7(3-8-5-13-8)4-9-6-14-9/h7-12H,2-6H2,1H3. The fraction of sp³-hybridized carbons (Fsp3) is 1.00. The van der Waals surface area contributed by atoms with Crippen LogP contribution >= 0.6 is 0 Å². The van der Waals surface area contributed by atoms with Gasteiger partial charge in [0.05, 0.1) is 25.4 Å². The van der Waals surface area contributed by atoms with Crippen molar-refractivity contribution >= 4 is 0 Å². The molecule has 2 fully saturated rings. The van der Waals surface area contributed by atoms with Crippen molar-refractivity contribution in [1.29, 1.82) is 0 Å². The topological polar surface area (TPSA) is 57.3 Å². The molecule has 0 amide bonds. The van der Waals surface area contributed by atoms with Crippen LogP contribution < -0.4 is 5.32 Å². The number of ether oxygens (including phenoxy) is 2. The van der Waals surface area contributed by atoms with Crippen molar-refractivity contribution in [1.82, 2.24) is 5.32 Å². The number of hydrogen-bond acceptors (Lipinski definition) is 4. The summed E-state index contributed by atoms with van der Waals surface area (Å²) in [6, 6.07) is 0. The van der Waals surface area contributed by atoms with Gasteiger partial charge in [-0.2, -0.15) is 0 Å². The summed E-state index contributed by atoms with van der Waals surface area (Å²) in [6.45, 7) is 4.53. The third kappa shape index (κ3) is 3.20. The SMILES string of the molecule is CCNC(O)C(CC1CO1)CC1CO1. The van der Waals surface area contributed by atoms with Crippen LogP contribution in [0.4, 0.5) is 0 Å². The summed E-state index contributed by atoms with van der Waals surface area (Å²) in [5, 5.41) is 12.9. The van der Waals surface area contributed by atoms with Gasteiger partial charge in [0.1, 0.15) is 6.23 Å². The highest BCUT2D eigenvalue weighted by Gasteiger charge is 2.35. The van der Waals surface area contributed by atoms with E-state index in [1.807, 2.05) is 6.92 Å². The van der Waals surface area contributed by atoms with Crippen LogP contribution in [-0.2, 0) is 9.47 Å². The maximum absolute atomic E-state index is 9.84. The molecule has 2 N–H and O–H groups in total. The quantitative estimate of drug-likeness (QED) is 0.453. The van der Waals surface area contributed by atoms with Gasteiger partial charge < -0.3 is 14.6 Å². The zero-order valence-corrected chi connectivity index (χ0v) is 8.61. The van der Waals surface area contributed by atoms with E-state index < -0.39 is 6.23 Å². The van der Waals surface area contributed by atoms with E-state index in [0.717, 1.165) is 32.6 Å². The van der Waals surface area contributed by atoms with Crippen molar-refractivity contribution < 1.29 is 14.6 Å². The lowest BCUT2D eigenvalue weighted by Crippen LogP contribution is -2.37. The second-order valence-corrected chi connectivity index (χ2v) is 4.14. The molecule has 2 saturated heterocycles. The Morgan fingerprint density at radius 3 is 2.14 bits per heavy atom. The summed E-state index contributed by atoms with van der Waals surface area (Å²) in [7, 11) is 0. The number of epoxide rings is 2. The van der Waals surface area contributed by atoms with Crippen LogP contribution in [0.25, 0.3) is 0 Å². The lowest BCUT2D eigenvalue weighted by molar-refractivity contribution is 0.0590. The fourth-order valence-electron chi connectivity index (χ4n) is 1.81. The zero-order chi connectivity index (χ0) is 9.97. The Morgan fingerprint density at radius 2 is 1.79 bits per heavy atom. The van der Waals surface area contributed by atoms with Gasteiger partial charge in [0.25, 0.3) is 0 Å². The molecule has 0 saturated carbocycles. The monoisotopic (exact) mass is 201 g/mol. The normalized spacial score (nSPS) is 33.9. The van der Waals surface area contributed by atoms with Crippen LogP contribution in [0.2, 0.25) is 0 Å². The third-order valence-electron chi connectivity index (χ3n) is 2.80. The predicted molar refractivity (Wildman–Crippen MR) is 51.9 cm³/mol. The van der Waals surface area contributed by atoms with Crippen LogP contribution in [0.5, 0.6) is 0 Å². The Kier molecular flexibility index (Phi) is 3.38. The van der Waals surface area contributed by atoms with Gasteiger partial charge in [-0.1, -0.05) is 6.92 Å². The minimum absolute atomic E-state index is 0.273. The molecule has 3 unspecified atom stereocenters. The van der Waals surface area contributed by atoms with Gasteiger partial charge in [-0.25, -0.2) is 0 Å². The fourth-order valence-corrected chi connectivity index (χ4v) is 1.81. The van der Waals surface area contributed by atoms with Crippen molar-refractivity contribution in [3.8, 4) is 0 Å². The maximum Gasteiger partial charge on any atom is 0.107 e. The van der Waals surface area contributed by atoms with Crippen molar-refractivity contribution in [3.05, 3.63) is 0 Å². The maximum atomic E-state index is 9.84. The third-order valence-corrected chi connectivity index (χ3v) is 2.80. The van der Waals surface area contributed by atoms with Crippen LogP contribution in [0.1, 0.15) is 19.8 Å². The molecule has 0 aromatic heterocycles. The molecule has 4 nitrogen and oxygen atoms in total. The molecular formula is C10H19NO3. The van der Waals surface area contributed by atoms with Crippen molar-refractivity contribution in [2.45, 2.75) is 38.2 Å². The lowest BCUT2D eigenvalue weighted by atomic mass is 9.96. The van der Waals surface area contributed by atoms with Gasteiger partial charge in [-0.3, -0.25) is 5.32 Å². The molecule has 82 valence electrons. The Morgan fingerprint density at radius 1 is 1.29 bits per heavy atom. The van der Waals surface area contributed by atoms with E-state index in [4.69, 9.17) is 9.47 Å². The molecule has 2 aliphatic heterocycles. The molecular weight excluding hydrogens is 182 g/mol. The highest BCUT2D eigenvalue weighted by molar-refractivity contribution is 4.82. The summed E-state index contributed by atoms with van der Waals surface area (Å²) in [5.74, 6) is 0.273. The van der Waals surface area contributed by atoms with Crippen LogP contribution in [-0.4, -0.2) is 43.3 Å². The van der Waals surface area contributed by atoms with Gasteiger partial charge >= 0.3 is 0 Å². The molecule has 0 aromatic carbocycles. The highest BCUT2D eigenvalue weighted by atomic mass is 16.6. The molecule has 0 spiro atoms. The lowest BCUT2D eigenvalue weighted by Gasteiger charge is -2.22. The predicted octanol–water partition coefficient (Wildman–Crippen LogP) is 0.108. The first-order valence-corrected chi connectivity index (χ1v) is 5.44. The van der Waals surface area contributed by atoms with Gasteiger partial charge in [0.15, 0.2) is 0 Å². The van der Waals surface area contributed by atoms with Gasteiger partial charge in [-0.15, -0.1) is 0 Å². The molecule has 2 heterocycles. The van der Waals surface area contributed by atoms with E-state index >= 15 is 0 Å². The number of nitrogens with one attached hydrogen (secondary N) is 1. The van der Waals surface area contributed by atoms with E-state index in [1.54, 1.807) is 0 Å². The van der Waals surface area contributed by atoms with Crippen molar-refractivity contribution in [2.75, 3.05) is 19.8 Å². The Balaban J connectivity index is 1.75. The minimum Gasteiger partial charge on any atom is -0.378 e. The number of rotatable bonds is 7. The van der Waals surface area contributed by atoms with Crippen LogP contribution in [0.15, 0.2) is 0 Å². The highest BCUT2D eigenvalue weighted by Crippen LogP contribution is 2.28. The van der Waals surface area contributed by atoms with E-state index in [0.29, 0.717) is 12.2 Å². The first kappa shape index (κ1) is 10.4. The van der Waals surface area contributed by atoms with Crippen molar-refractivity contribution in [3.63, 3.8) is 0 Å². The number of aliphatic hydroxyl groups excluding tert-OH is 1. The average Bonchev–Trinajstić information content (AvgIpc) is 2.97. The molecule has 0 radical (unpaired) electrons. The minimum atomic E-state index is -0.409. The smallest absolute Gasteiger partial charge is 0.107 e. The molecule has 0 aromatic rings. The molecule has 3 atom stereocenters.